The van der Waals surface area contributed by atoms with Gasteiger partial charge in [0, 0.05) is 24.1 Å². The van der Waals surface area contributed by atoms with Crippen molar-refractivity contribution in [2.75, 3.05) is 13.1 Å². The average molecular weight is 434 g/mol. The van der Waals surface area contributed by atoms with E-state index in [0.29, 0.717) is 49.5 Å². The quantitative estimate of drug-likeness (QED) is 0.707. The van der Waals surface area contributed by atoms with Crippen LogP contribution in [-0.2, 0) is 17.8 Å². The predicted octanol–water partition coefficient (Wildman–Crippen LogP) is 3.65. The molecule has 4 rings (SSSR count). The maximum atomic E-state index is 13.5. The summed E-state index contributed by atoms with van der Waals surface area (Å²) < 4.78 is 26.9. The lowest BCUT2D eigenvalue weighted by molar-refractivity contribution is -0.126. The normalized spacial score (nSPS) is 22.8. The third-order valence-electron chi connectivity index (χ3n) is 6.01. The van der Waals surface area contributed by atoms with Crippen LogP contribution in [0.1, 0.15) is 24.0 Å². The molecule has 2 saturated heterocycles. The van der Waals surface area contributed by atoms with Gasteiger partial charge in [-0.15, -0.1) is 0 Å². The number of halogens is 3. The highest BCUT2D eigenvalue weighted by atomic mass is 35.5. The molecule has 1 atom stereocenters. The molecule has 0 aromatic heterocycles. The van der Waals surface area contributed by atoms with Crippen LogP contribution in [0.5, 0.6) is 0 Å². The maximum absolute atomic E-state index is 13.5. The maximum Gasteiger partial charge on any atom is 0.322 e. The molecule has 2 fully saturated rings. The van der Waals surface area contributed by atoms with E-state index in [1.54, 1.807) is 6.07 Å². The topological polar surface area (TPSA) is 61.4 Å². The van der Waals surface area contributed by atoms with Crippen molar-refractivity contribution in [3.05, 3.63) is 70.2 Å². The number of urea groups is 1. The van der Waals surface area contributed by atoms with E-state index in [-0.39, 0.29) is 11.8 Å². The molecule has 2 heterocycles. The van der Waals surface area contributed by atoms with Crippen molar-refractivity contribution in [1.29, 1.82) is 0 Å². The molecule has 158 valence electrons. The van der Waals surface area contributed by atoms with Crippen molar-refractivity contribution in [2.45, 2.75) is 31.3 Å². The van der Waals surface area contributed by atoms with Gasteiger partial charge in [-0.05, 0) is 61.2 Å². The van der Waals surface area contributed by atoms with Gasteiger partial charge in [-0.2, -0.15) is 0 Å². The Kier molecular flexibility index (Phi) is 5.75. The molecule has 2 aromatic carbocycles. The standard InChI is InChI=1S/C22H22ClF2N3O2/c23-19-4-2-1-3-15(19)12-22(20(29)26-21(30)27-22)16-5-7-28(8-6-16)13-14-9-17(24)11-18(25)10-14/h1-4,9-11,16H,5-8,12-13H2,(H2,26,27,29,30)/t22-/m0/s1. The fourth-order valence-electron chi connectivity index (χ4n) is 4.55. The summed E-state index contributed by atoms with van der Waals surface area (Å²) in [6.45, 7) is 1.73. The van der Waals surface area contributed by atoms with Crippen molar-refractivity contribution < 1.29 is 18.4 Å². The van der Waals surface area contributed by atoms with E-state index in [2.05, 4.69) is 15.5 Å². The molecule has 0 bridgehead atoms. The van der Waals surface area contributed by atoms with Gasteiger partial charge in [0.1, 0.15) is 17.2 Å². The number of rotatable bonds is 5. The molecular formula is C22H22ClF2N3O2. The van der Waals surface area contributed by atoms with Crippen molar-refractivity contribution >= 4 is 23.5 Å². The number of benzene rings is 2. The van der Waals surface area contributed by atoms with Gasteiger partial charge in [-0.3, -0.25) is 15.0 Å². The number of nitrogens with zero attached hydrogens (tertiary/aromatic N) is 1. The second-order valence-electron chi connectivity index (χ2n) is 7.98. The van der Waals surface area contributed by atoms with Crippen LogP contribution in [0.4, 0.5) is 13.6 Å². The Morgan fingerprint density at radius 2 is 1.73 bits per heavy atom. The summed E-state index contributed by atoms with van der Waals surface area (Å²) in [6.07, 6.45) is 1.63. The van der Waals surface area contributed by atoms with Crippen molar-refractivity contribution in [2.24, 2.45) is 5.92 Å². The number of carbonyl (C=O) groups excluding carboxylic acids is 2. The van der Waals surface area contributed by atoms with E-state index >= 15 is 0 Å². The van der Waals surface area contributed by atoms with E-state index in [1.807, 2.05) is 18.2 Å². The molecule has 0 radical (unpaired) electrons. The first-order valence-electron chi connectivity index (χ1n) is 9.90. The Labute approximate surface area is 178 Å². The summed E-state index contributed by atoms with van der Waals surface area (Å²) in [5, 5.41) is 5.80. The third kappa shape index (κ3) is 4.18. The lowest BCUT2D eigenvalue weighted by Crippen LogP contribution is -2.57. The largest absolute Gasteiger partial charge is 0.323 e. The second-order valence-corrected chi connectivity index (χ2v) is 8.38. The number of amides is 3. The van der Waals surface area contributed by atoms with Gasteiger partial charge in [0.05, 0.1) is 0 Å². The van der Waals surface area contributed by atoms with Gasteiger partial charge in [0.2, 0.25) is 0 Å². The number of carbonyl (C=O) groups is 2. The first-order chi connectivity index (χ1) is 14.4. The molecule has 8 heteroatoms. The van der Waals surface area contributed by atoms with Crippen LogP contribution in [0.15, 0.2) is 42.5 Å². The van der Waals surface area contributed by atoms with Crippen LogP contribution in [-0.4, -0.2) is 35.5 Å². The molecule has 0 spiro atoms. The minimum Gasteiger partial charge on any atom is -0.323 e. The van der Waals surface area contributed by atoms with Gasteiger partial charge < -0.3 is 5.32 Å². The number of nitrogens with one attached hydrogen (secondary N) is 2. The predicted molar refractivity (Wildman–Crippen MR) is 109 cm³/mol. The van der Waals surface area contributed by atoms with E-state index in [4.69, 9.17) is 11.6 Å². The minimum atomic E-state index is -1.06. The molecule has 2 aliphatic heterocycles. The molecule has 2 N–H and O–H groups in total. The van der Waals surface area contributed by atoms with Gasteiger partial charge in [-0.1, -0.05) is 29.8 Å². The first kappa shape index (κ1) is 20.8. The molecular weight excluding hydrogens is 412 g/mol. The summed E-state index contributed by atoms with van der Waals surface area (Å²) in [5.41, 5.74) is 0.317. The number of likely N-dealkylation sites (tertiary alicyclic amines) is 1. The number of imide groups is 1. The Hall–Kier alpha value is -2.51. The second kappa shape index (κ2) is 8.32. The lowest BCUT2D eigenvalue weighted by Gasteiger charge is -2.41. The highest BCUT2D eigenvalue weighted by Gasteiger charge is 2.52. The molecule has 30 heavy (non-hydrogen) atoms. The fourth-order valence-corrected chi connectivity index (χ4v) is 4.75. The van der Waals surface area contributed by atoms with Crippen LogP contribution in [0.2, 0.25) is 5.02 Å². The van der Waals surface area contributed by atoms with E-state index in [0.717, 1.165) is 11.6 Å². The average Bonchev–Trinajstić information content (AvgIpc) is 2.97. The minimum absolute atomic E-state index is 0.0827. The Morgan fingerprint density at radius 3 is 2.33 bits per heavy atom. The van der Waals surface area contributed by atoms with Crippen molar-refractivity contribution in [1.82, 2.24) is 15.5 Å². The van der Waals surface area contributed by atoms with Crippen LogP contribution in [0.3, 0.4) is 0 Å². The summed E-state index contributed by atoms with van der Waals surface area (Å²) in [7, 11) is 0. The summed E-state index contributed by atoms with van der Waals surface area (Å²) in [6, 6.07) is 10.3. The molecule has 5 nitrogen and oxygen atoms in total. The lowest BCUT2D eigenvalue weighted by atomic mass is 9.74. The zero-order valence-corrected chi connectivity index (χ0v) is 17.0. The smallest absolute Gasteiger partial charge is 0.322 e. The SMILES string of the molecule is O=C1NC(=O)[C@](Cc2ccccc2Cl)(C2CCN(Cc3cc(F)cc(F)c3)CC2)N1. The van der Waals surface area contributed by atoms with Crippen LogP contribution in [0, 0.1) is 17.6 Å². The number of piperidine rings is 1. The van der Waals surface area contributed by atoms with Crippen molar-refractivity contribution in [3.63, 3.8) is 0 Å². The zero-order valence-electron chi connectivity index (χ0n) is 16.3. The summed E-state index contributed by atoms with van der Waals surface area (Å²) >= 11 is 6.31. The number of hydrogen-bond acceptors (Lipinski definition) is 3. The molecule has 0 aliphatic carbocycles. The monoisotopic (exact) mass is 433 g/mol. The molecule has 3 amide bonds. The third-order valence-corrected chi connectivity index (χ3v) is 6.38. The van der Waals surface area contributed by atoms with E-state index < -0.39 is 23.2 Å². The Bertz CT molecular complexity index is 958. The van der Waals surface area contributed by atoms with Gasteiger partial charge in [0.15, 0.2) is 0 Å². The highest BCUT2D eigenvalue weighted by Crippen LogP contribution is 2.35. The molecule has 2 aromatic rings. The van der Waals surface area contributed by atoms with E-state index in [9.17, 15) is 18.4 Å². The first-order valence-corrected chi connectivity index (χ1v) is 10.3. The Morgan fingerprint density at radius 1 is 1.07 bits per heavy atom. The van der Waals surface area contributed by atoms with Crippen LogP contribution in [0.25, 0.3) is 0 Å². The van der Waals surface area contributed by atoms with Crippen molar-refractivity contribution in [3.8, 4) is 0 Å². The summed E-state index contributed by atoms with van der Waals surface area (Å²) in [4.78, 5) is 26.9. The Balaban J connectivity index is 1.49. The molecule has 0 unspecified atom stereocenters. The van der Waals surface area contributed by atoms with Crippen LogP contribution >= 0.6 is 11.6 Å². The van der Waals surface area contributed by atoms with Gasteiger partial charge in [-0.25, -0.2) is 13.6 Å². The van der Waals surface area contributed by atoms with Crippen LogP contribution < -0.4 is 10.6 Å². The van der Waals surface area contributed by atoms with Gasteiger partial charge >= 0.3 is 6.03 Å². The number of hydrogen-bond donors (Lipinski definition) is 2. The van der Waals surface area contributed by atoms with E-state index in [1.165, 1.54) is 12.1 Å². The zero-order chi connectivity index (χ0) is 21.3. The molecule has 0 saturated carbocycles. The van der Waals surface area contributed by atoms with Gasteiger partial charge in [0.25, 0.3) is 5.91 Å². The molecule has 2 aliphatic rings. The summed E-state index contributed by atoms with van der Waals surface area (Å²) in [5.74, 6) is -1.60. The highest BCUT2D eigenvalue weighted by molar-refractivity contribution is 6.31. The fraction of sp³-hybridized carbons (Fsp3) is 0.364.